The van der Waals surface area contributed by atoms with Crippen LogP contribution in [0.15, 0.2) is 16.7 Å². The predicted octanol–water partition coefficient (Wildman–Crippen LogP) is -0.387. The fraction of sp³-hybridized carbons (Fsp3) is 0.500. The normalized spacial score (nSPS) is 16.2. The molecule has 1 aromatic heterocycles. The van der Waals surface area contributed by atoms with Gasteiger partial charge in [-0.1, -0.05) is 0 Å². The molecule has 7 heteroatoms. The van der Waals surface area contributed by atoms with Gasteiger partial charge < -0.3 is 20.2 Å². The molecule has 19 heavy (non-hydrogen) atoms. The number of aromatic carboxylic acids is 1. The van der Waals surface area contributed by atoms with E-state index < -0.39 is 5.97 Å². The molecule has 104 valence electrons. The van der Waals surface area contributed by atoms with E-state index in [0.717, 1.165) is 39.0 Å². The number of amides is 1. The van der Waals surface area contributed by atoms with Crippen LogP contribution in [-0.4, -0.2) is 61.2 Å². The van der Waals surface area contributed by atoms with Crippen LogP contribution in [0.1, 0.15) is 20.9 Å². The topological polar surface area (TPSA) is 94.8 Å². The van der Waals surface area contributed by atoms with E-state index in [0.29, 0.717) is 6.54 Å². The van der Waals surface area contributed by atoms with E-state index in [9.17, 15) is 9.59 Å². The number of carboxylic acid groups (broad SMARTS) is 1. The highest BCUT2D eigenvalue weighted by Gasteiger charge is 2.15. The van der Waals surface area contributed by atoms with E-state index in [1.165, 1.54) is 6.07 Å². The lowest BCUT2D eigenvalue weighted by Gasteiger charge is -2.26. The van der Waals surface area contributed by atoms with Gasteiger partial charge in [-0.2, -0.15) is 0 Å². The number of furan rings is 1. The lowest BCUT2D eigenvalue weighted by molar-refractivity contribution is 0.0696. The summed E-state index contributed by atoms with van der Waals surface area (Å²) in [6.45, 7) is 5.17. The smallest absolute Gasteiger partial charge is 0.338 e. The van der Waals surface area contributed by atoms with Crippen LogP contribution in [0.2, 0.25) is 0 Å². The predicted molar refractivity (Wildman–Crippen MR) is 67.3 cm³/mol. The summed E-state index contributed by atoms with van der Waals surface area (Å²) >= 11 is 0. The van der Waals surface area contributed by atoms with Crippen LogP contribution in [0.5, 0.6) is 0 Å². The minimum Gasteiger partial charge on any atom is -0.478 e. The van der Waals surface area contributed by atoms with Gasteiger partial charge in [0.2, 0.25) is 0 Å². The van der Waals surface area contributed by atoms with E-state index in [-0.39, 0.29) is 17.2 Å². The Bertz CT molecular complexity index is 452. The molecule has 1 aliphatic rings. The zero-order valence-electron chi connectivity index (χ0n) is 10.5. The molecule has 0 unspecified atom stereocenters. The molecular formula is C12H17N3O4. The molecule has 7 nitrogen and oxygen atoms in total. The standard InChI is InChI=1S/C12H17N3O4/c16-11(10-7-9(8-19-10)12(17)18)14-3-6-15-4-1-13-2-5-15/h7-8,13H,1-6H2,(H,14,16)(H,17,18). The molecular weight excluding hydrogens is 250 g/mol. The second-order valence-electron chi connectivity index (χ2n) is 4.35. The minimum atomic E-state index is -1.11. The SMILES string of the molecule is O=C(O)c1coc(C(=O)NCCN2CCNCC2)c1. The molecule has 1 aromatic rings. The van der Waals surface area contributed by atoms with Crippen molar-refractivity contribution in [1.82, 2.24) is 15.5 Å². The van der Waals surface area contributed by atoms with Crippen molar-refractivity contribution in [2.75, 3.05) is 39.3 Å². The minimum absolute atomic E-state index is 0.0211. The Morgan fingerprint density at radius 3 is 2.79 bits per heavy atom. The first-order valence-electron chi connectivity index (χ1n) is 6.20. The summed E-state index contributed by atoms with van der Waals surface area (Å²) in [5.41, 5.74) is -0.0211. The fourth-order valence-corrected chi connectivity index (χ4v) is 1.92. The molecule has 0 aromatic carbocycles. The first-order chi connectivity index (χ1) is 9.16. The molecule has 1 fully saturated rings. The summed E-state index contributed by atoms with van der Waals surface area (Å²) in [6.07, 6.45) is 1.06. The third-order valence-electron chi connectivity index (χ3n) is 2.99. The second kappa shape index (κ2) is 6.35. The van der Waals surface area contributed by atoms with E-state index in [1.807, 2.05) is 0 Å². The van der Waals surface area contributed by atoms with Gasteiger partial charge in [0.05, 0.1) is 5.56 Å². The number of rotatable bonds is 5. The Kier molecular flexibility index (Phi) is 4.53. The van der Waals surface area contributed by atoms with Crippen LogP contribution in [0.4, 0.5) is 0 Å². The quantitative estimate of drug-likeness (QED) is 0.673. The molecule has 1 saturated heterocycles. The van der Waals surface area contributed by atoms with Crippen LogP contribution in [0, 0.1) is 0 Å². The van der Waals surface area contributed by atoms with Gasteiger partial charge in [-0.3, -0.25) is 9.69 Å². The summed E-state index contributed by atoms with van der Waals surface area (Å²) in [5.74, 6) is -1.47. The monoisotopic (exact) mass is 267 g/mol. The summed E-state index contributed by atoms with van der Waals surface area (Å²) in [4.78, 5) is 24.6. The average molecular weight is 267 g/mol. The van der Waals surface area contributed by atoms with Crippen molar-refractivity contribution < 1.29 is 19.1 Å². The van der Waals surface area contributed by atoms with Gasteiger partial charge >= 0.3 is 5.97 Å². The number of carboxylic acids is 1. The van der Waals surface area contributed by atoms with E-state index in [1.54, 1.807) is 0 Å². The van der Waals surface area contributed by atoms with Crippen molar-refractivity contribution in [1.29, 1.82) is 0 Å². The van der Waals surface area contributed by atoms with E-state index in [4.69, 9.17) is 9.52 Å². The lowest BCUT2D eigenvalue weighted by Crippen LogP contribution is -2.46. The molecule has 1 amide bonds. The Morgan fingerprint density at radius 2 is 2.16 bits per heavy atom. The number of hydrogen-bond donors (Lipinski definition) is 3. The molecule has 0 aliphatic carbocycles. The molecule has 0 radical (unpaired) electrons. The van der Waals surface area contributed by atoms with Crippen molar-refractivity contribution in [3.63, 3.8) is 0 Å². The van der Waals surface area contributed by atoms with Crippen molar-refractivity contribution in [2.45, 2.75) is 0 Å². The average Bonchev–Trinajstić information content (AvgIpc) is 2.89. The number of carbonyl (C=O) groups excluding carboxylic acids is 1. The highest BCUT2D eigenvalue weighted by atomic mass is 16.4. The zero-order chi connectivity index (χ0) is 13.7. The van der Waals surface area contributed by atoms with Gasteiger partial charge in [-0.05, 0) is 0 Å². The van der Waals surface area contributed by atoms with Crippen LogP contribution < -0.4 is 10.6 Å². The summed E-state index contributed by atoms with van der Waals surface area (Å²) in [7, 11) is 0. The third-order valence-corrected chi connectivity index (χ3v) is 2.99. The van der Waals surface area contributed by atoms with Gasteiger partial charge in [0.25, 0.3) is 5.91 Å². The Balaban J connectivity index is 1.75. The molecule has 1 aliphatic heterocycles. The Morgan fingerprint density at radius 1 is 1.42 bits per heavy atom. The number of carbonyl (C=O) groups is 2. The van der Waals surface area contributed by atoms with Gasteiger partial charge in [0, 0.05) is 45.3 Å². The van der Waals surface area contributed by atoms with Crippen molar-refractivity contribution in [2.24, 2.45) is 0 Å². The first-order valence-corrected chi connectivity index (χ1v) is 6.20. The molecule has 2 rings (SSSR count). The molecule has 3 N–H and O–H groups in total. The maximum Gasteiger partial charge on any atom is 0.338 e. The van der Waals surface area contributed by atoms with Crippen LogP contribution in [0.3, 0.4) is 0 Å². The molecule has 0 atom stereocenters. The van der Waals surface area contributed by atoms with E-state index >= 15 is 0 Å². The molecule has 0 bridgehead atoms. The van der Waals surface area contributed by atoms with Crippen LogP contribution >= 0.6 is 0 Å². The molecule has 0 saturated carbocycles. The van der Waals surface area contributed by atoms with Crippen LogP contribution in [0.25, 0.3) is 0 Å². The molecule has 2 heterocycles. The number of piperazine rings is 1. The summed E-state index contributed by atoms with van der Waals surface area (Å²) < 4.78 is 4.91. The van der Waals surface area contributed by atoms with Gasteiger partial charge in [0.1, 0.15) is 6.26 Å². The van der Waals surface area contributed by atoms with Crippen LogP contribution in [-0.2, 0) is 0 Å². The van der Waals surface area contributed by atoms with Crippen molar-refractivity contribution >= 4 is 11.9 Å². The highest BCUT2D eigenvalue weighted by molar-refractivity contribution is 5.95. The Labute approximate surface area is 110 Å². The maximum absolute atomic E-state index is 11.7. The largest absolute Gasteiger partial charge is 0.478 e. The zero-order valence-corrected chi connectivity index (χ0v) is 10.5. The van der Waals surface area contributed by atoms with Gasteiger partial charge in [-0.25, -0.2) is 4.79 Å². The second-order valence-corrected chi connectivity index (χ2v) is 4.35. The first kappa shape index (κ1) is 13.6. The van der Waals surface area contributed by atoms with E-state index in [2.05, 4.69) is 15.5 Å². The van der Waals surface area contributed by atoms with Crippen molar-refractivity contribution in [3.8, 4) is 0 Å². The Hall–Kier alpha value is -1.86. The summed E-state index contributed by atoms with van der Waals surface area (Å²) in [5, 5.41) is 14.7. The van der Waals surface area contributed by atoms with Gasteiger partial charge in [0.15, 0.2) is 5.76 Å². The number of nitrogens with one attached hydrogen (secondary N) is 2. The maximum atomic E-state index is 11.7. The van der Waals surface area contributed by atoms with Gasteiger partial charge in [-0.15, -0.1) is 0 Å². The number of hydrogen-bond acceptors (Lipinski definition) is 5. The molecule has 0 spiro atoms. The fourth-order valence-electron chi connectivity index (χ4n) is 1.92. The highest BCUT2D eigenvalue weighted by Crippen LogP contribution is 2.07. The number of nitrogens with zero attached hydrogens (tertiary/aromatic N) is 1. The summed E-state index contributed by atoms with van der Waals surface area (Å²) in [6, 6.07) is 1.22. The lowest BCUT2D eigenvalue weighted by atomic mass is 10.3. The third kappa shape index (κ3) is 3.80. The van der Waals surface area contributed by atoms with Crippen molar-refractivity contribution in [3.05, 3.63) is 23.7 Å².